The van der Waals surface area contributed by atoms with Crippen LogP contribution >= 0.6 is 11.8 Å². The Kier molecular flexibility index (Phi) is 4.04. The summed E-state index contributed by atoms with van der Waals surface area (Å²) in [4.78, 5) is 4.17. The third-order valence-corrected chi connectivity index (χ3v) is 3.87. The number of thioether (sulfide) groups is 1. The Bertz CT molecular complexity index is 542. The van der Waals surface area contributed by atoms with E-state index in [0.717, 1.165) is 16.3 Å². The molecule has 18 heavy (non-hydrogen) atoms. The highest BCUT2D eigenvalue weighted by Gasteiger charge is 2.12. The molecule has 1 N–H and O–H groups in total. The maximum Gasteiger partial charge on any atom is 0.167 e. The van der Waals surface area contributed by atoms with E-state index in [1.165, 1.54) is 23.9 Å². The van der Waals surface area contributed by atoms with Crippen molar-refractivity contribution in [3.05, 3.63) is 47.5 Å². The Morgan fingerprint density at radius 3 is 2.89 bits per heavy atom. The molecule has 1 aromatic heterocycles. The number of hydrogen-bond acceptors (Lipinski definition) is 3. The highest BCUT2D eigenvalue weighted by Crippen LogP contribution is 2.25. The van der Waals surface area contributed by atoms with Crippen LogP contribution in [-0.2, 0) is 7.05 Å². The summed E-state index contributed by atoms with van der Waals surface area (Å²) in [6, 6.07) is 4.44. The third-order valence-electron chi connectivity index (χ3n) is 2.74. The minimum Gasteiger partial charge on any atom is -0.388 e. The van der Waals surface area contributed by atoms with E-state index in [4.69, 9.17) is 0 Å². The van der Waals surface area contributed by atoms with Crippen LogP contribution in [0, 0.1) is 12.7 Å². The zero-order valence-corrected chi connectivity index (χ0v) is 11.1. The fourth-order valence-electron chi connectivity index (χ4n) is 1.75. The molecule has 0 saturated carbocycles. The highest BCUT2D eigenvalue weighted by atomic mass is 32.2. The van der Waals surface area contributed by atoms with Crippen LogP contribution in [0.3, 0.4) is 0 Å². The topological polar surface area (TPSA) is 38.1 Å². The van der Waals surface area contributed by atoms with Gasteiger partial charge in [0.25, 0.3) is 0 Å². The van der Waals surface area contributed by atoms with Crippen molar-refractivity contribution >= 4 is 11.8 Å². The number of aliphatic hydroxyl groups excluding tert-OH is 1. The predicted molar refractivity (Wildman–Crippen MR) is 70.0 cm³/mol. The van der Waals surface area contributed by atoms with E-state index in [0.29, 0.717) is 5.75 Å². The number of nitrogens with zero attached hydrogens (tertiary/aromatic N) is 2. The summed E-state index contributed by atoms with van der Waals surface area (Å²) in [6.07, 6.45) is 2.96. The molecule has 0 fully saturated rings. The summed E-state index contributed by atoms with van der Waals surface area (Å²) in [5.41, 5.74) is 1.53. The fourth-order valence-corrected chi connectivity index (χ4v) is 2.63. The molecule has 1 unspecified atom stereocenters. The quantitative estimate of drug-likeness (QED) is 0.865. The lowest BCUT2D eigenvalue weighted by molar-refractivity contribution is 0.203. The van der Waals surface area contributed by atoms with Gasteiger partial charge in [0.1, 0.15) is 5.82 Å². The second kappa shape index (κ2) is 5.54. The minimum atomic E-state index is -0.618. The van der Waals surface area contributed by atoms with Crippen LogP contribution in [0.4, 0.5) is 4.39 Å². The van der Waals surface area contributed by atoms with Crippen molar-refractivity contribution in [2.45, 2.75) is 18.2 Å². The molecule has 96 valence electrons. The minimum absolute atomic E-state index is 0.278. The molecule has 0 aliphatic heterocycles. The lowest BCUT2D eigenvalue weighted by atomic mass is 10.0. The van der Waals surface area contributed by atoms with Gasteiger partial charge in [0, 0.05) is 25.2 Å². The predicted octanol–water partition coefficient (Wildman–Crippen LogP) is 2.69. The second-order valence-corrected chi connectivity index (χ2v) is 5.14. The maximum atomic E-state index is 13.0. The molecule has 0 bridgehead atoms. The smallest absolute Gasteiger partial charge is 0.167 e. The Labute approximate surface area is 110 Å². The molecule has 5 heteroatoms. The summed E-state index contributed by atoms with van der Waals surface area (Å²) in [6.45, 7) is 1.80. The Hall–Kier alpha value is -1.33. The van der Waals surface area contributed by atoms with Crippen molar-refractivity contribution in [3.63, 3.8) is 0 Å². The summed E-state index contributed by atoms with van der Waals surface area (Å²) in [5, 5.41) is 11.0. The van der Waals surface area contributed by atoms with E-state index < -0.39 is 6.10 Å². The molecule has 0 aliphatic rings. The average molecular weight is 266 g/mol. The van der Waals surface area contributed by atoms with Gasteiger partial charge in [-0.1, -0.05) is 17.8 Å². The third kappa shape index (κ3) is 2.91. The van der Waals surface area contributed by atoms with E-state index in [1.807, 2.05) is 17.8 Å². The van der Waals surface area contributed by atoms with Gasteiger partial charge >= 0.3 is 0 Å². The van der Waals surface area contributed by atoms with Gasteiger partial charge in [0.05, 0.1) is 6.10 Å². The first-order chi connectivity index (χ1) is 8.58. The number of aliphatic hydroxyl groups is 1. The van der Waals surface area contributed by atoms with Crippen LogP contribution in [0.1, 0.15) is 17.2 Å². The Morgan fingerprint density at radius 1 is 1.50 bits per heavy atom. The van der Waals surface area contributed by atoms with Gasteiger partial charge in [-0.15, -0.1) is 0 Å². The zero-order valence-electron chi connectivity index (χ0n) is 10.3. The normalized spacial score (nSPS) is 12.7. The molecule has 0 radical (unpaired) electrons. The van der Waals surface area contributed by atoms with Crippen LogP contribution in [-0.4, -0.2) is 20.4 Å². The van der Waals surface area contributed by atoms with Crippen molar-refractivity contribution < 1.29 is 9.50 Å². The van der Waals surface area contributed by atoms with Gasteiger partial charge < -0.3 is 9.67 Å². The van der Waals surface area contributed by atoms with E-state index >= 15 is 0 Å². The standard InChI is InChI=1S/C13H15FN2OS/c1-9-7-10(14)3-4-11(9)12(17)8-18-13-15-5-6-16(13)2/h3-7,12,17H,8H2,1-2H3. The molecule has 1 atom stereocenters. The number of hydrogen-bond donors (Lipinski definition) is 1. The molecule has 0 aliphatic carbocycles. The van der Waals surface area contributed by atoms with Crippen LogP contribution in [0.5, 0.6) is 0 Å². The molecule has 1 heterocycles. The van der Waals surface area contributed by atoms with Crippen molar-refractivity contribution in [3.8, 4) is 0 Å². The molecule has 3 nitrogen and oxygen atoms in total. The van der Waals surface area contributed by atoms with Gasteiger partial charge in [-0.05, 0) is 30.2 Å². The summed E-state index contributed by atoms with van der Waals surface area (Å²) >= 11 is 1.48. The highest BCUT2D eigenvalue weighted by molar-refractivity contribution is 7.99. The first-order valence-electron chi connectivity index (χ1n) is 5.62. The van der Waals surface area contributed by atoms with Crippen LogP contribution in [0.25, 0.3) is 0 Å². The lowest BCUT2D eigenvalue weighted by Gasteiger charge is -2.13. The van der Waals surface area contributed by atoms with Gasteiger partial charge in [-0.3, -0.25) is 0 Å². The summed E-state index contributed by atoms with van der Waals surface area (Å²) in [7, 11) is 1.91. The molecule has 2 rings (SSSR count). The molecule has 0 amide bonds. The lowest BCUT2D eigenvalue weighted by Crippen LogP contribution is -2.04. The molecule has 0 saturated heterocycles. The van der Waals surface area contributed by atoms with Crippen molar-refractivity contribution in [1.29, 1.82) is 0 Å². The number of rotatable bonds is 4. The van der Waals surface area contributed by atoms with Crippen molar-refractivity contribution in [2.24, 2.45) is 7.05 Å². The number of aryl methyl sites for hydroxylation is 2. The first-order valence-corrected chi connectivity index (χ1v) is 6.60. The van der Waals surface area contributed by atoms with E-state index in [2.05, 4.69) is 4.98 Å². The zero-order chi connectivity index (χ0) is 13.1. The molecule has 2 aromatic rings. The van der Waals surface area contributed by atoms with Crippen LogP contribution in [0.2, 0.25) is 0 Å². The first kappa shape index (κ1) is 13.1. The number of halogens is 1. The molecule has 0 spiro atoms. The SMILES string of the molecule is Cc1cc(F)ccc1C(O)CSc1nccn1C. The van der Waals surface area contributed by atoms with Crippen LogP contribution in [0.15, 0.2) is 35.7 Å². The number of aromatic nitrogens is 2. The monoisotopic (exact) mass is 266 g/mol. The van der Waals surface area contributed by atoms with Crippen molar-refractivity contribution in [2.75, 3.05) is 5.75 Å². The van der Waals surface area contributed by atoms with E-state index in [1.54, 1.807) is 19.2 Å². The van der Waals surface area contributed by atoms with Gasteiger partial charge in [-0.2, -0.15) is 0 Å². The average Bonchev–Trinajstić information content (AvgIpc) is 2.72. The summed E-state index contributed by atoms with van der Waals surface area (Å²) in [5.74, 6) is 0.220. The molecular weight excluding hydrogens is 251 g/mol. The molecule has 1 aromatic carbocycles. The number of imidazole rings is 1. The van der Waals surface area contributed by atoms with Gasteiger partial charge in [-0.25, -0.2) is 9.37 Å². The second-order valence-electron chi connectivity index (χ2n) is 4.15. The van der Waals surface area contributed by atoms with E-state index in [9.17, 15) is 9.50 Å². The Morgan fingerprint density at radius 2 is 2.28 bits per heavy atom. The maximum absolute atomic E-state index is 13.0. The van der Waals surface area contributed by atoms with Crippen molar-refractivity contribution in [1.82, 2.24) is 9.55 Å². The van der Waals surface area contributed by atoms with E-state index in [-0.39, 0.29) is 5.82 Å². The number of benzene rings is 1. The fraction of sp³-hybridized carbons (Fsp3) is 0.308. The largest absolute Gasteiger partial charge is 0.388 e. The van der Waals surface area contributed by atoms with Gasteiger partial charge in [0.2, 0.25) is 0 Å². The van der Waals surface area contributed by atoms with Gasteiger partial charge in [0.15, 0.2) is 5.16 Å². The summed E-state index contributed by atoms with van der Waals surface area (Å²) < 4.78 is 14.9. The Balaban J connectivity index is 2.03. The van der Waals surface area contributed by atoms with Crippen LogP contribution < -0.4 is 0 Å². The molecular formula is C13H15FN2OS.